The molecule has 1 aromatic rings. The Bertz CT molecular complexity index is 544. The number of likely N-dealkylation sites (tertiary alicyclic amines) is 1. The summed E-state index contributed by atoms with van der Waals surface area (Å²) in [7, 11) is 1.29. The zero-order valence-corrected chi connectivity index (χ0v) is 12.7. The van der Waals surface area contributed by atoms with Gasteiger partial charge < -0.3 is 15.0 Å². The fourth-order valence-corrected chi connectivity index (χ4v) is 2.41. The highest BCUT2D eigenvalue weighted by Gasteiger charge is 2.23. The number of anilines is 1. The number of ether oxygens (including phenoxy) is 1. The van der Waals surface area contributed by atoms with Crippen LogP contribution in [0, 0.1) is 0 Å². The van der Waals surface area contributed by atoms with Crippen molar-refractivity contribution in [2.45, 2.75) is 25.8 Å². The number of methoxy groups -OCH3 is 1. The van der Waals surface area contributed by atoms with E-state index < -0.39 is 5.97 Å². The van der Waals surface area contributed by atoms with Gasteiger partial charge in [0, 0.05) is 26.1 Å². The van der Waals surface area contributed by atoms with E-state index in [9.17, 15) is 9.59 Å². The highest BCUT2D eigenvalue weighted by Crippen LogP contribution is 2.20. The summed E-state index contributed by atoms with van der Waals surface area (Å²) in [6.07, 6.45) is 3.06. The second-order valence-corrected chi connectivity index (χ2v) is 5.16. The number of aromatic nitrogens is 2. The number of hydrogen-bond donors (Lipinski definition) is 1. The van der Waals surface area contributed by atoms with Crippen LogP contribution >= 0.6 is 11.6 Å². The number of esters is 1. The lowest BCUT2D eigenvalue weighted by atomic mass is 10.0. The van der Waals surface area contributed by atoms with E-state index in [2.05, 4.69) is 20.0 Å². The van der Waals surface area contributed by atoms with Gasteiger partial charge in [0.2, 0.25) is 11.2 Å². The SMILES string of the molecule is COC(=O)c1nc(Cl)ncc1NC1CCN(C(C)=O)CC1. The molecule has 0 radical (unpaired) electrons. The van der Waals surface area contributed by atoms with E-state index in [1.807, 2.05) is 0 Å². The Labute approximate surface area is 127 Å². The molecule has 1 N–H and O–H groups in total. The number of rotatable bonds is 3. The Morgan fingerprint density at radius 2 is 2.10 bits per heavy atom. The van der Waals surface area contributed by atoms with E-state index in [-0.39, 0.29) is 22.9 Å². The molecule has 2 rings (SSSR count). The molecular formula is C13H17ClN4O3. The predicted octanol–water partition coefficient (Wildman–Crippen LogP) is 1.34. The van der Waals surface area contributed by atoms with Crippen molar-refractivity contribution < 1.29 is 14.3 Å². The first-order valence-corrected chi connectivity index (χ1v) is 7.02. The van der Waals surface area contributed by atoms with E-state index in [1.54, 1.807) is 11.8 Å². The van der Waals surface area contributed by atoms with Crippen molar-refractivity contribution in [1.29, 1.82) is 0 Å². The molecule has 1 saturated heterocycles. The molecule has 8 heteroatoms. The number of piperidine rings is 1. The third-order valence-electron chi connectivity index (χ3n) is 3.44. The molecule has 21 heavy (non-hydrogen) atoms. The normalized spacial score (nSPS) is 15.7. The molecule has 0 saturated carbocycles. The largest absolute Gasteiger partial charge is 0.464 e. The molecule has 1 aromatic heterocycles. The van der Waals surface area contributed by atoms with Crippen LogP contribution in [0.5, 0.6) is 0 Å². The van der Waals surface area contributed by atoms with Gasteiger partial charge >= 0.3 is 5.97 Å². The number of amides is 1. The second kappa shape index (κ2) is 6.71. The van der Waals surface area contributed by atoms with E-state index in [0.717, 1.165) is 12.8 Å². The van der Waals surface area contributed by atoms with Gasteiger partial charge in [0.25, 0.3) is 0 Å². The van der Waals surface area contributed by atoms with Crippen molar-refractivity contribution in [2.75, 3.05) is 25.5 Å². The zero-order chi connectivity index (χ0) is 15.4. The first kappa shape index (κ1) is 15.5. The fraction of sp³-hybridized carbons (Fsp3) is 0.538. The lowest BCUT2D eigenvalue weighted by Gasteiger charge is -2.32. The molecule has 0 bridgehead atoms. The van der Waals surface area contributed by atoms with Gasteiger partial charge in [0.15, 0.2) is 5.69 Å². The van der Waals surface area contributed by atoms with Gasteiger partial charge in [-0.1, -0.05) is 0 Å². The third-order valence-corrected chi connectivity index (χ3v) is 3.62. The highest BCUT2D eigenvalue weighted by molar-refractivity contribution is 6.28. The van der Waals surface area contributed by atoms with Crippen LogP contribution in [0.25, 0.3) is 0 Å². The number of hydrogen-bond acceptors (Lipinski definition) is 6. The van der Waals surface area contributed by atoms with Gasteiger partial charge in [-0.05, 0) is 24.4 Å². The molecule has 1 aliphatic rings. The van der Waals surface area contributed by atoms with Crippen molar-refractivity contribution >= 4 is 29.2 Å². The first-order valence-electron chi connectivity index (χ1n) is 6.64. The van der Waals surface area contributed by atoms with Gasteiger partial charge in [0.05, 0.1) is 19.0 Å². The molecule has 114 valence electrons. The quantitative estimate of drug-likeness (QED) is 0.670. The fourth-order valence-electron chi connectivity index (χ4n) is 2.28. The van der Waals surface area contributed by atoms with E-state index in [0.29, 0.717) is 18.8 Å². The summed E-state index contributed by atoms with van der Waals surface area (Å²) in [6.45, 7) is 2.94. The van der Waals surface area contributed by atoms with Crippen molar-refractivity contribution in [2.24, 2.45) is 0 Å². The molecular weight excluding hydrogens is 296 g/mol. The molecule has 7 nitrogen and oxygen atoms in total. The summed E-state index contributed by atoms with van der Waals surface area (Å²) < 4.78 is 4.69. The van der Waals surface area contributed by atoms with Crippen LogP contribution < -0.4 is 5.32 Å². The molecule has 1 aliphatic heterocycles. The van der Waals surface area contributed by atoms with Crippen molar-refractivity contribution in [3.05, 3.63) is 17.2 Å². The zero-order valence-electron chi connectivity index (χ0n) is 11.9. The Morgan fingerprint density at radius 3 is 2.67 bits per heavy atom. The number of carbonyl (C=O) groups excluding carboxylic acids is 2. The number of nitrogens with zero attached hydrogens (tertiary/aromatic N) is 3. The molecule has 0 aromatic carbocycles. The smallest absolute Gasteiger partial charge is 0.359 e. The van der Waals surface area contributed by atoms with E-state index in [4.69, 9.17) is 11.6 Å². The minimum atomic E-state index is -0.567. The molecule has 2 heterocycles. The molecule has 0 unspecified atom stereocenters. The molecule has 1 fully saturated rings. The second-order valence-electron chi connectivity index (χ2n) is 4.82. The van der Waals surface area contributed by atoms with Gasteiger partial charge in [-0.15, -0.1) is 0 Å². The lowest BCUT2D eigenvalue weighted by Crippen LogP contribution is -2.41. The maximum Gasteiger partial charge on any atom is 0.359 e. The summed E-state index contributed by atoms with van der Waals surface area (Å²) in [4.78, 5) is 32.6. The summed E-state index contributed by atoms with van der Waals surface area (Å²) in [6, 6.07) is 0.147. The monoisotopic (exact) mass is 312 g/mol. The van der Waals surface area contributed by atoms with Crippen molar-refractivity contribution in [1.82, 2.24) is 14.9 Å². The number of nitrogens with one attached hydrogen (secondary N) is 1. The molecule has 0 aliphatic carbocycles. The van der Waals surface area contributed by atoms with Gasteiger partial charge in [-0.25, -0.2) is 14.8 Å². The number of halogens is 1. The van der Waals surface area contributed by atoms with Gasteiger partial charge in [-0.3, -0.25) is 4.79 Å². The Balaban J connectivity index is 2.07. The maximum absolute atomic E-state index is 11.7. The highest BCUT2D eigenvalue weighted by atomic mass is 35.5. The van der Waals surface area contributed by atoms with Crippen LogP contribution in [-0.2, 0) is 9.53 Å². The van der Waals surface area contributed by atoms with Gasteiger partial charge in [-0.2, -0.15) is 0 Å². The maximum atomic E-state index is 11.7. The lowest BCUT2D eigenvalue weighted by molar-refractivity contribution is -0.129. The summed E-state index contributed by atoms with van der Waals surface area (Å²) >= 11 is 5.71. The molecule has 0 spiro atoms. The Morgan fingerprint density at radius 1 is 1.43 bits per heavy atom. The van der Waals surface area contributed by atoms with Crippen LogP contribution in [0.2, 0.25) is 5.28 Å². The minimum absolute atomic E-state index is 0.00708. The summed E-state index contributed by atoms with van der Waals surface area (Å²) in [5.41, 5.74) is 0.610. The van der Waals surface area contributed by atoms with E-state index in [1.165, 1.54) is 13.3 Å². The minimum Gasteiger partial charge on any atom is -0.464 e. The van der Waals surface area contributed by atoms with Crippen LogP contribution in [0.3, 0.4) is 0 Å². The van der Waals surface area contributed by atoms with Crippen molar-refractivity contribution in [3.63, 3.8) is 0 Å². The van der Waals surface area contributed by atoms with Crippen LogP contribution in [-0.4, -0.2) is 53.0 Å². The summed E-state index contributed by atoms with van der Waals surface area (Å²) in [5, 5.41) is 3.22. The molecule has 0 atom stereocenters. The molecule has 1 amide bonds. The predicted molar refractivity (Wildman–Crippen MR) is 77.3 cm³/mol. The van der Waals surface area contributed by atoms with Crippen LogP contribution in [0.15, 0.2) is 6.20 Å². The average molecular weight is 313 g/mol. The Kier molecular flexibility index (Phi) is 4.95. The standard InChI is InChI=1S/C13H17ClN4O3/c1-8(19)18-5-3-9(4-6-18)16-10-7-15-13(14)17-11(10)12(20)21-2/h7,9,16H,3-6H2,1-2H3. The van der Waals surface area contributed by atoms with Gasteiger partial charge in [0.1, 0.15) is 0 Å². The summed E-state index contributed by atoms with van der Waals surface area (Å²) in [5.74, 6) is -0.485. The van der Waals surface area contributed by atoms with Crippen LogP contribution in [0.1, 0.15) is 30.3 Å². The van der Waals surface area contributed by atoms with E-state index >= 15 is 0 Å². The number of carbonyl (C=O) groups is 2. The van der Waals surface area contributed by atoms with Crippen molar-refractivity contribution in [3.8, 4) is 0 Å². The first-order chi connectivity index (χ1) is 10.0. The topological polar surface area (TPSA) is 84.4 Å². The third kappa shape index (κ3) is 3.81. The average Bonchev–Trinajstić information content (AvgIpc) is 2.48. The van der Waals surface area contributed by atoms with Crippen LogP contribution in [0.4, 0.5) is 5.69 Å². The Hall–Kier alpha value is -1.89.